The summed E-state index contributed by atoms with van der Waals surface area (Å²) in [7, 11) is 0. The van der Waals surface area contributed by atoms with E-state index in [1.165, 1.54) is 161 Å². The second-order valence-corrected chi connectivity index (χ2v) is 17.9. The van der Waals surface area contributed by atoms with E-state index >= 15 is 0 Å². The molecule has 0 aromatic rings. The molecule has 0 spiro atoms. The third-order valence-corrected chi connectivity index (χ3v) is 12.6. The molecule has 6 heteroatoms. The molecule has 1 unspecified atom stereocenters. The smallest absolute Gasteiger partial charge is 0.305 e. The van der Waals surface area contributed by atoms with E-state index in [1.807, 2.05) is 0 Å². The summed E-state index contributed by atoms with van der Waals surface area (Å²) in [6.07, 6.45) is 41.6. The number of ether oxygens (including phenoxy) is 3. The Labute approximate surface area is 363 Å². The molecule has 346 valence electrons. The van der Waals surface area contributed by atoms with Crippen molar-refractivity contribution < 1.29 is 23.8 Å². The van der Waals surface area contributed by atoms with E-state index in [4.69, 9.17) is 14.2 Å². The Bertz CT molecular complexity index is 828. The molecule has 0 amide bonds. The van der Waals surface area contributed by atoms with Crippen LogP contribution >= 0.6 is 0 Å². The molecule has 0 heterocycles. The highest BCUT2D eigenvalue weighted by Crippen LogP contribution is 2.23. The van der Waals surface area contributed by atoms with Crippen molar-refractivity contribution in [3.8, 4) is 0 Å². The molecule has 0 saturated heterocycles. The van der Waals surface area contributed by atoms with E-state index in [0.29, 0.717) is 38.1 Å². The third-order valence-electron chi connectivity index (χ3n) is 12.6. The second kappa shape index (κ2) is 45.4. The zero-order valence-corrected chi connectivity index (χ0v) is 40.2. The number of nitrogens with zero attached hydrogens (tertiary/aromatic N) is 1. The van der Waals surface area contributed by atoms with Crippen LogP contribution in [0.15, 0.2) is 0 Å². The van der Waals surface area contributed by atoms with E-state index in [2.05, 4.69) is 46.4 Å². The Balaban J connectivity index is 4.31. The summed E-state index contributed by atoms with van der Waals surface area (Å²) in [6.45, 7) is 19.1. The Morgan fingerprint density at radius 2 is 0.741 bits per heavy atom. The van der Waals surface area contributed by atoms with Crippen molar-refractivity contribution in [1.82, 2.24) is 4.90 Å². The molecule has 0 aliphatic rings. The quantitative estimate of drug-likeness (QED) is 0.0450. The molecular formula is C52H103NO5. The Kier molecular flexibility index (Phi) is 44.5. The number of carbonyl (C=O) groups excluding carboxylic acids is 2. The van der Waals surface area contributed by atoms with Gasteiger partial charge in [-0.1, -0.05) is 202 Å². The monoisotopic (exact) mass is 822 g/mol. The summed E-state index contributed by atoms with van der Waals surface area (Å²) in [5.41, 5.74) is 0. The summed E-state index contributed by atoms with van der Waals surface area (Å²) in [4.78, 5) is 27.3. The van der Waals surface area contributed by atoms with Gasteiger partial charge in [-0.3, -0.25) is 9.59 Å². The fraction of sp³-hybridized carbons (Fsp3) is 0.962. The van der Waals surface area contributed by atoms with E-state index in [-0.39, 0.29) is 11.9 Å². The maximum Gasteiger partial charge on any atom is 0.305 e. The van der Waals surface area contributed by atoms with Crippen LogP contribution in [0.4, 0.5) is 0 Å². The van der Waals surface area contributed by atoms with Gasteiger partial charge in [-0.05, 0) is 82.8 Å². The summed E-state index contributed by atoms with van der Waals surface area (Å²) in [5.74, 6) is 1.44. The van der Waals surface area contributed by atoms with Crippen molar-refractivity contribution in [1.29, 1.82) is 0 Å². The van der Waals surface area contributed by atoms with Crippen molar-refractivity contribution in [2.24, 2.45) is 11.8 Å². The van der Waals surface area contributed by atoms with Crippen LogP contribution in [0, 0.1) is 11.8 Å². The maximum atomic E-state index is 12.4. The molecule has 0 aromatic heterocycles. The summed E-state index contributed by atoms with van der Waals surface area (Å²) in [6, 6.07) is 0. The van der Waals surface area contributed by atoms with Crippen LogP contribution < -0.4 is 0 Å². The predicted molar refractivity (Wildman–Crippen MR) is 251 cm³/mol. The molecule has 58 heavy (non-hydrogen) atoms. The van der Waals surface area contributed by atoms with Gasteiger partial charge in [0, 0.05) is 19.4 Å². The molecule has 6 nitrogen and oxygen atoms in total. The average molecular weight is 822 g/mol. The molecular weight excluding hydrogens is 719 g/mol. The van der Waals surface area contributed by atoms with Gasteiger partial charge in [0.15, 0.2) is 0 Å². The standard InChI is InChI=1S/C52H103NO5/c1-7-13-24-34-48(35-25-14-8-2)42-46-57-51(54)40-30-22-18-17-20-28-38-50(56-45-33-32-44-53(11-5)12-6)39-29-21-19-23-31-41-52(55)58-47-43-49(36-26-15-9-3)37-27-16-10-4/h48-50H,7-47H2,1-6H3. The maximum absolute atomic E-state index is 12.4. The van der Waals surface area contributed by atoms with Crippen LogP contribution in [0.2, 0.25) is 0 Å². The lowest BCUT2D eigenvalue weighted by Crippen LogP contribution is -2.24. The molecule has 0 fully saturated rings. The normalized spacial score (nSPS) is 12.3. The first-order valence-electron chi connectivity index (χ1n) is 26.1. The SMILES string of the molecule is CCCCCC(CCCCC)CCOC(=O)CCCCCCCCC(CCCCCCCC(=O)OCCC(CCCCC)CCCCC)OCCCCN(CC)CC. The number of unbranched alkanes of at least 4 members (excludes halogenated alkanes) is 18. The van der Waals surface area contributed by atoms with Gasteiger partial charge < -0.3 is 19.1 Å². The molecule has 0 saturated carbocycles. The fourth-order valence-corrected chi connectivity index (χ4v) is 8.48. The topological polar surface area (TPSA) is 65.1 Å². The lowest BCUT2D eigenvalue weighted by atomic mass is 9.92. The van der Waals surface area contributed by atoms with Crippen LogP contribution in [0.1, 0.15) is 266 Å². The molecule has 0 bridgehead atoms. The fourth-order valence-electron chi connectivity index (χ4n) is 8.48. The molecule has 0 radical (unpaired) electrons. The molecule has 0 N–H and O–H groups in total. The number of hydrogen-bond acceptors (Lipinski definition) is 6. The predicted octanol–water partition coefficient (Wildman–Crippen LogP) is 15.8. The average Bonchev–Trinajstić information content (AvgIpc) is 3.22. The van der Waals surface area contributed by atoms with Crippen LogP contribution in [0.25, 0.3) is 0 Å². The minimum atomic E-state index is 0.00252. The number of esters is 2. The van der Waals surface area contributed by atoms with Crippen molar-refractivity contribution in [3.05, 3.63) is 0 Å². The van der Waals surface area contributed by atoms with Gasteiger partial charge in [-0.25, -0.2) is 0 Å². The van der Waals surface area contributed by atoms with E-state index < -0.39 is 0 Å². The highest BCUT2D eigenvalue weighted by atomic mass is 16.5. The van der Waals surface area contributed by atoms with Gasteiger partial charge in [0.2, 0.25) is 0 Å². The highest BCUT2D eigenvalue weighted by Gasteiger charge is 2.13. The van der Waals surface area contributed by atoms with Crippen LogP contribution in [0.3, 0.4) is 0 Å². The largest absolute Gasteiger partial charge is 0.466 e. The van der Waals surface area contributed by atoms with Gasteiger partial charge in [0.1, 0.15) is 0 Å². The van der Waals surface area contributed by atoms with Crippen LogP contribution in [-0.2, 0) is 23.8 Å². The number of carbonyl (C=O) groups is 2. The van der Waals surface area contributed by atoms with Gasteiger partial charge in [0.05, 0.1) is 19.3 Å². The summed E-state index contributed by atoms with van der Waals surface area (Å²) >= 11 is 0. The summed E-state index contributed by atoms with van der Waals surface area (Å²) < 4.78 is 17.8. The minimum Gasteiger partial charge on any atom is -0.466 e. The number of rotatable bonds is 47. The van der Waals surface area contributed by atoms with Gasteiger partial charge >= 0.3 is 11.9 Å². The van der Waals surface area contributed by atoms with Crippen molar-refractivity contribution >= 4 is 11.9 Å². The second-order valence-electron chi connectivity index (χ2n) is 17.9. The number of hydrogen-bond donors (Lipinski definition) is 0. The van der Waals surface area contributed by atoms with E-state index in [9.17, 15) is 9.59 Å². The van der Waals surface area contributed by atoms with E-state index in [0.717, 1.165) is 83.4 Å². The first-order chi connectivity index (χ1) is 28.4. The van der Waals surface area contributed by atoms with E-state index in [1.54, 1.807) is 0 Å². The van der Waals surface area contributed by atoms with Crippen molar-refractivity contribution in [3.63, 3.8) is 0 Å². The molecule has 0 aromatic carbocycles. The first-order valence-corrected chi connectivity index (χ1v) is 26.1. The van der Waals surface area contributed by atoms with Crippen molar-refractivity contribution in [2.45, 2.75) is 272 Å². The zero-order valence-electron chi connectivity index (χ0n) is 40.2. The first kappa shape index (κ1) is 56.9. The lowest BCUT2D eigenvalue weighted by Gasteiger charge is -2.20. The van der Waals surface area contributed by atoms with Crippen LogP contribution in [-0.4, -0.2) is 62.4 Å². The van der Waals surface area contributed by atoms with Gasteiger partial charge in [-0.15, -0.1) is 0 Å². The van der Waals surface area contributed by atoms with Gasteiger partial charge in [-0.2, -0.15) is 0 Å². The summed E-state index contributed by atoms with van der Waals surface area (Å²) in [5, 5.41) is 0. The molecule has 0 aliphatic heterocycles. The van der Waals surface area contributed by atoms with Gasteiger partial charge in [0.25, 0.3) is 0 Å². The molecule has 1 atom stereocenters. The minimum absolute atomic E-state index is 0.00252. The Morgan fingerprint density at radius 1 is 0.379 bits per heavy atom. The molecule has 0 rings (SSSR count). The molecule has 0 aliphatic carbocycles. The lowest BCUT2D eigenvalue weighted by molar-refractivity contribution is -0.145. The Hall–Kier alpha value is -1.14. The van der Waals surface area contributed by atoms with Crippen molar-refractivity contribution in [2.75, 3.05) is 39.5 Å². The zero-order chi connectivity index (χ0) is 42.6. The highest BCUT2D eigenvalue weighted by molar-refractivity contribution is 5.69. The Morgan fingerprint density at radius 3 is 1.12 bits per heavy atom. The van der Waals surface area contributed by atoms with Crippen LogP contribution in [0.5, 0.6) is 0 Å². The third kappa shape index (κ3) is 39.0.